The lowest BCUT2D eigenvalue weighted by molar-refractivity contribution is -0.141. The zero-order chi connectivity index (χ0) is 21.6. The maximum Gasteiger partial charge on any atom is 0.339 e. The van der Waals surface area contributed by atoms with Gasteiger partial charge in [0.05, 0.1) is 17.9 Å². The SMILES string of the molecule is CCOC(=O)c1ccc(N2CCCN(C(=O)C3CC(c4ccccc4)=NO3)CC2)nc1. The molecule has 1 amide bonds. The fraction of sp³-hybridized carbons (Fsp3) is 0.391. The van der Waals surface area contributed by atoms with E-state index >= 15 is 0 Å². The van der Waals surface area contributed by atoms with Crippen LogP contribution >= 0.6 is 0 Å². The van der Waals surface area contributed by atoms with Gasteiger partial charge in [-0.2, -0.15) is 0 Å². The topological polar surface area (TPSA) is 84.3 Å². The lowest BCUT2D eigenvalue weighted by atomic mass is 10.0. The number of oxime groups is 1. The molecule has 4 rings (SSSR count). The number of carbonyl (C=O) groups excluding carboxylic acids is 2. The van der Waals surface area contributed by atoms with Crippen LogP contribution < -0.4 is 4.90 Å². The summed E-state index contributed by atoms with van der Waals surface area (Å²) in [4.78, 5) is 38.7. The van der Waals surface area contributed by atoms with Crippen molar-refractivity contribution in [3.05, 3.63) is 59.8 Å². The molecule has 0 saturated carbocycles. The van der Waals surface area contributed by atoms with Crippen LogP contribution in [-0.4, -0.2) is 66.4 Å². The van der Waals surface area contributed by atoms with Crippen molar-refractivity contribution >= 4 is 23.4 Å². The van der Waals surface area contributed by atoms with Crippen LogP contribution in [0.25, 0.3) is 0 Å². The van der Waals surface area contributed by atoms with Crippen LogP contribution in [0.2, 0.25) is 0 Å². The highest BCUT2D eigenvalue weighted by atomic mass is 16.6. The molecule has 1 fully saturated rings. The summed E-state index contributed by atoms with van der Waals surface area (Å²) in [6, 6.07) is 13.3. The lowest BCUT2D eigenvalue weighted by Crippen LogP contribution is -2.41. The van der Waals surface area contributed by atoms with Gasteiger partial charge in [0.25, 0.3) is 5.91 Å². The minimum Gasteiger partial charge on any atom is -0.462 e. The highest BCUT2D eigenvalue weighted by molar-refractivity contribution is 6.04. The van der Waals surface area contributed by atoms with E-state index in [1.165, 1.54) is 6.20 Å². The maximum atomic E-state index is 13.0. The Bertz CT molecular complexity index is 946. The zero-order valence-electron chi connectivity index (χ0n) is 17.6. The lowest BCUT2D eigenvalue weighted by Gasteiger charge is -2.24. The van der Waals surface area contributed by atoms with Crippen LogP contribution in [0.4, 0.5) is 5.82 Å². The predicted molar refractivity (Wildman–Crippen MR) is 116 cm³/mol. The van der Waals surface area contributed by atoms with Gasteiger partial charge in [-0.25, -0.2) is 9.78 Å². The Labute approximate surface area is 181 Å². The molecule has 162 valence electrons. The van der Waals surface area contributed by atoms with E-state index in [-0.39, 0.29) is 11.9 Å². The third-order valence-electron chi connectivity index (χ3n) is 5.44. The third kappa shape index (κ3) is 4.84. The Morgan fingerprint density at radius 1 is 1.10 bits per heavy atom. The molecule has 0 radical (unpaired) electrons. The summed E-state index contributed by atoms with van der Waals surface area (Å²) in [5, 5.41) is 4.14. The first-order valence-corrected chi connectivity index (χ1v) is 10.6. The number of benzene rings is 1. The van der Waals surface area contributed by atoms with Crippen molar-refractivity contribution in [1.82, 2.24) is 9.88 Å². The minimum absolute atomic E-state index is 0.0258. The third-order valence-corrected chi connectivity index (χ3v) is 5.44. The fourth-order valence-electron chi connectivity index (χ4n) is 3.79. The van der Waals surface area contributed by atoms with E-state index < -0.39 is 6.10 Å². The summed E-state index contributed by atoms with van der Waals surface area (Å²) in [5.74, 6) is 0.388. The highest BCUT2D eigenvalue weighted by Crippen LogP contribution is 2.20. The van der Waals surface area contributed by atoms with E-state index in [1.54, 1.807) is 13.0 Å². The average Bonchev–Trinajstić information content (AvgIpc) is 3.18. The summed E-state index contributed by atoms with van der Waals surface area (Å²) >= 11 is 0. The number of rotatable bonds is 5. The molecule has 2 aliphatic heterocycles. The number of ether oxygens (including phenoxy) is 1. The van der Waals surface area contributed by atoms with Gasteiger partial charge in [0, 0.05) is 38.8 Å². The van der Waals surface area contributed by atoms with E-state index in [0.717, 1.165) is 30.1 Å². The molecule has 0 aliphatic carbocycles. The number of carbonyl (C=O) groups is 2. The molecule has 2 aliphatic rings. The molecule has 0 bridgehead atoms. The van der Waals surface area contributed by atoms with E-state index in [1.807, 2.05) is 41.3 Å². The number of nitrogens with zero attached hydrogens (tertiary/aromatic N) is 4. The smallest absolute Gasteiger partial charge is 0.339 e. The Hall–Kier alpha value is -3.42. The van der Waals surface area contributed by atoms with Gasteiger partial charge in [0.15, 0.2) is 0 Å². The molecule has 1 atom stereocenters. The fourth-order valence-corrected chi connectivity index (χ4v) is 3.79. The van der Waals surface area contributed by atoms with Crippen molar-refractivity contribution in [2.75, 3.05) is 37.7 Å². The first-order chi connectivity index (χ1) is 15.2. The van der Waals surface area contributed by atoms with Crippen LogP contribution in [0.3, 0.4) is 0 Å². The number of esters is 1. The maximum absolute atomic E-state index is 13.0. The van der Waals surface area contributed by atoms with Gasteiger partial charge in [-0.05, 0) is 31.0 Å². The minimum atomic E-state index is -0.566. The van der Waals surface area contributed by atoms with E-state index in [9.17, 15) is 9.59 Å². The van der Waals surface area contributed by atoms with Gasteiger partial charge in [-0.1, -0.05) is 35.5 Å². The zero-order valence-corrected chi connectivity index (χ0v) is 17.6. The second-order valence-corrected chi connectivity index (χ2v) is 7.49. The van der Waals surface area contributed by atoms with Gasteiger partial charge < -0.3 is 19.4 Å². The molecule has 3 heterocycles. The Morgan fingerprint density at radius 2 is 1.94 bits per heavy atom. The van der Waals surface area contributed by atoms with Crippen LogP contribution in [0.1, 0.15) is 35.7 Å². The Kier molecular flexibility index (Phi) is 6.45. The molecule has 8 nitrogen and oxygen atoms in total. The summed E-state index contributed by atoms with van der Waals surface area (Å²) in [7, 11) is 0. The Balaban J connectivity index is 1.33. The molecular weight excluding hydrogens is 396 g/mol. The normalized spacial score (nSPS) is 18.7. The number of hydrogen-bond donors (Lipinski definition) is 0. The highest BCUT2D eigenvalue weighted by Gasteiger charge is 2.33. The molecule has 1 unspecified atom stereocenters. The molecule has 0 spiro atoms. The summed E-state index contributed by atoms with van der Waals surface area (Å²) in [6.45, 7) is 4.80. The number of hydrogen-bond acceptors (Lipinski definition) is 7. The second kappa shape index (κ2) is 9.59. The number of amides is 1. The van der Waals surface area contributed by atoms with Crippen molar-refractivity contribution < 1.29 is 19.2 Å². The van der Waals surface area contributed by atoms with Crippen molar-refractivity contribution in [2.45, 2.75) is 25.9 Å². The van der Waals surface area contributed by atoms with Crippen LogP contribution in [0, 0.1) is 0 Å². The van der Waals surface area contributed by atoms with Crippen LogP contribution in [0.15, 0.2) is 53.8 Å². The quantitative estimate of drug-likeness (QED) is 0.689. The average molecular weight is 422 g/mol. The standard InChI is InChI=1S/C23H26N4O4/c1-2-30-23(29)18-9-10-21(24-16-18)26-11-6-12-27(14-13-26)22(28)20-15-19(25-31-20)17-7-4-3-5-8-17/h3-5,7-10,16,20H,2,6,11-15H2,1H3. The van der Waals surface area contributed by atoms with Gasteiger partial charge >= 0.3 is 5.97 Å². The molecule has 2 aromatic rings. The molecule has 1 aromatic heterocycles. The molecule has 31 heavy (non-hydrogen) atoms. The molecule has 1 aromatic carbocycles. The first-order valence-electron chi connectivity index (χ1n) is 10.6. The summed E-state index contributed by atoms with van der Waals surface area (Å²) in [5.41, 5.74) is 2.23. The van der Waals surface area contributed by atoms with Crippen molar-refractivity contribution in [3.63, 3.8) is 0 Å². The van der Waals surface area contributed by atoms with Gasteiger partial charge in [0.1, 0.15) is 5.82 Å². The van der Waals surface area contributed by atoms with Crippen molar-refractivity contribution in [3.8, 4) is 0 Å². The van der Waals surface area contributed by atoms with Crippen molar-refractivity contribution in [1.29, 1.82) is 0 Å². The molecule has 8 heteroatoms. The number of pyridine rings is 1. The van der Waals surface area contributed by atoms with Crippen molar-refractivity contribution in [2.24, 2.45) is 5.16 Å². The van der Waals surface area contributed by atoms with Crippen LogP contribution in [-0.2, 0) is 14.4 Å². The van der Waals surface area contributed by atoms with E-state index in [2.05, 4.69) is 15.0 Å². The predicted octanol–water partition coefficient (Wildman–Crippen LogP) is 2.49. The molecule has 0 N–H and O–H groups in total. The van der Waals surface area contributed by atoms with E-state index in [0.29, 0.717) is 38.2 Å². The Morgan fingerprint density at radius 3 is 2.68 bits per heavy atom. The molecular formula is C23H26N4O4. The van der Waals surface area contributed by atoms with Gasteiger partial charge in [0.2, 0.25) is 6.10 Å². The summed E-state index contributed by atoms with van der Waals surface area (Å²) in [6.07, 6.45) is 2.28. The van der Waals surface area contributed by atoms with Gasteiger partial charge in [-0.15, -0.1) is 0 Å². The molecule has 1 saturated heterocycles. The van der Waals surface area contributed by atoms with Gasteiger partial charge in [-0.3, -0.25) is 4.79 Å². The van der Waals surface area contributed by atoms with E-state index in [4.69, 9.17) is 9.57 Å². The first kappa shape index (κ1) is 20.8. The second-order valence-electron chi connectivity index (χ2n) is 7.49. The summed E-state index contributed by atoms with van der Waals surface area (Å²) < 4.78 is 5.00. The largest absolute Gasteiger partial charge is 0.462 e. The monoisotopic (exact) mass is 422 g/mol. The van der Waals surface area contributed by atoms with Crippen LogP contribution in [0.5, 0.6) is 0 Å². The number of anilines is 1. The number of aromatic nitrogens is 1.